The Balaban J connectivity index is 1.69. The highest BCUT2D eigenvalue weighted by molar-refractivity contribution is 4.57. The molecule has 0 aliphatic carbocycles. The molecule has 1 saturated heterocycles. The predicted octanol–water partition coefficient (Wildman–Crippen LogP) is 3.52. The number of rotatable bonds is 11. The molecule has 1 atom stereocenters. The van der Waals surface area contributed by atoms with Crippen molar-refractivity contribution in [2.75, 3.05) is 26.6 Å². The SMILES string of the molecule is CCCCCCCCCCOCC1COCO1. The molecule has 3 nitrogen and oxygen atoms in total. The maximum atomic E-state index is 5.56. The van der Waals surface area contributed by atoms with Crippen LogP contribution in [0.4, 0.5) is 0 Å². The average molecular weight is 244 g/mol. The van der Waals surface area contributed by atoms with Crippen LogP contribution in [0.5, 0.6) is 0 Å². The first-order valence-electron chi connectivity index (χ1n) is 7.20. The highest BCUT2D eigenvalue weighted by Crippen LogP contribution is 2.09. The van der Waals surface area contributed by atoms with E-state index in [4.69, 9.17) is 14.2 Å². The third kappa shape index (κ3) is 8.58. The summed E-state index contributed by atoms with van der Waals surface area (Å²) in [5.41, 5.74) is 0. The van der Waals surface area contributed by atoms with E-state index in [2.05, 4.69) is 6.92 Å². The van der Waals surface area contributed by atoms with E-state index in [1.54, 1.807) is 0 Å². The summed E-state index contributed by atoms with van der Waals surface area (Å²) in [7, 11) is 0. The first kappa shape index (κ1) is 14.9. The van der Waals surface area contributed by atoms with E-state index < -0.39 is 0 Å². The molecule has 1 heterocycles. The molecule has 1 aliphatic heterocycles. The van der Waals surface area contributed by atoms with Crippen molar-refractivity contribution in [3.05, 3.63) is 0 Å². The lowest BCUT2D eigenvalue weighted by molar-refractivity contribution is 0.00448. The minimum atomic E-state index is 0.170. The first-order valence-corrected chi connectivity index (χ1v) is 7.20. The Morgan fingerprint density at radius 1 is 1.00 bits per heavy atom. The van der Waals surface area contributed by atoms with E-state index in [0.29, 0.717) is 20.0 Å². The van der Waals surface area contributed by atoms with Crippen LogP contribution < -0.4 is 0 Å². The molecule has 102 valence electrons. The lowest BCUT2D eigenvalue weighted by Gasteiger charge is -2.08. The van der Waals surface area contributed by atoms with Gasteiger partial charge in [-0.3, -0.25) is 0 Å². The van der Waals surface area contributed by atoms with Crippen molar-refractivity contribution in [3.8, 4) is 0 Å². The van der Waals surface area contributed by atoms with Crippen molar-refractivity contribution in [1.82, 2.24) is 0 Å². The van der Waals surface area contributed by atoms with E-state index >= 15 is 0 Å². The summed E-state index contributed by atoms with van der Waals surface area (Å²) in [4.78, 5) is 0. The van der Waals surface area contributed by atoms with E-state index in [1.165, 1.54) is 51.4 Å². The zero-order valence-electron chi connectivity index (χ0n) is 11.3. The third-order valence-electron chi connectivity index (χ3n) is 3.14. The molecule has 0 aromatic carbocycles. The van der Waals surface area contributed by atoms with Crippen molar-refractivity contribution < 1.29 is 14.2 Å². The fourth-order valence-corrected chi connectivity index (χ4v) is 2.02. The van der Waals surface area contributed by atoms with Gasteiger partial charge in [-0.05, 0) is 6.42 Å². The van der Waals surface area contributed by atoms with Crippen LogP contribution >= 0.6 is 0 Å². The van der Waals surface area contributed by atoms with Crippen LogP contribution in [-0.4, -0.2) is 32.7 Å². The van der Waals surface area contributed by atoms with Crippen LogP contribution in [0.2, 0.25) is 0 Å². The molecule has 1 rings (SSSR count). The third-order valence-corrected chi connectivity index (χ3v) is 3.14. The highest BCUT2D eigenvalue weighted by Gasteiger charge is 2.15. The Labute approximate surface area is 106 Å². The van der Waals surface area contributed by atoms with Gasteiger partial charge in [0.2, 0.25) is 0 Å². The molecule has 0 aromatic rings. The molecular formula is C14H28O3. The molecule has 1 unspecified atom stereocenters. The summed E-state index contributed by atoms with van der Waals surface area (Å²) < 4.78 is 15.9. The Kier molecular flexibility index (Phi) is 9.66. The maximum Gasteiger partial charge on any atom is 0.147 e. The van der Waals surface area contributed by atoms with Crippen molar-refractivity contribution in [2.24, 2.45) is 0 Å². The first-order chi connectivity index (χ1) is 8.43. The Morgan fingerprint density at radius 3 is 2.35 bits per heavy atom. The second kappa shape index (κ2) is 11.0. The summed E-state index contributed by atoms with van der Waals surface area (Å²) in [5, 5.41) is 0. The Hall–Kier alpha value is -0.120. The van der Waals surface area contributed by atoms with Crippen molar-refractivity contribution in [2.45, 2.75) is 64.4 Å². The van der Waals surface area contributed by atoms with Gasteiger partial charge in [-0.15, -0.1) is 0 Å². The second-order valence-electron chi connectivity index (χ2n) is 4.83. The molecule has 0 saturated carbocycles. The summed E-state index contributed by atoms with van der Waals surface area (Å²) >= 11 is 0. The average Bonchev–Trinajstić information content (AvgIpc) is 2.85. The van der Waals surface area contributed by atoms with Crippen LogP contribution in [0.3, 0.4) is 0 Å². The molecule has 1 fully saturated rings. The standard InChI is InChI=1S/C14H28O3/c1-2-3-4-5-6-7-8-9-10-15-11-14-12-16-13-17-14/h14H,2-13H2,1H3. The fourth-order valence-electron chi connectivity index (χ4n) is 2.02. The maximum absolute atomic E-state index is 5.56. The Morgan fingerprint density at radius 2 is 1.71 bits per heavy atom. The van der Waals surface area contributed by atoms with Crippen LogP contribution in [0.15, 0.2) is 0 Å². The zero-order valence-corrected chi connectivity index (χ0v) is 11.3. The largest absolute Gasteiger partial charge is 0.379 e. The number of hydrogen-bond donors (Lipinski definition) is 0. The van der Waals surface area contributed by atoms with Gasteiger partial charge >= 0.3 is 0 Å². The van der Waals surface area contributed by atoms with Crippen molar-refractivity contribution >= 4 is 0 Å². The molecule has 0 aromatic heterocycles. The fraction of sp³-hybridized carbons (Fsp3) is 1.00. The molecule has 0 spiro atoms. The van der Waals surface area contributed by atoms with E-state index in [1.807, 2.05) is 0 Å². The molecule has 0 amide bonds. The lowest BCUT2D eigenvalue weighted by atomic mass is 10.1. The van der Waals surface area contributed by atoms with Crippen molar-refractivity contribution in [3.63, 3.8) is 0 Å². The molecule has 3 heteroatoms. The van der Waals surface area contributed by atoms with Crippen LogP contribution in [-0.2, 0) is 14.2 Å². The molecule has 0 N–H and O–H groups in total. The molecular weight excluding hydrogens is 216 g/mol. The highest BCUT2D eigenvalue weighted by atomic mass is 16.7. The molecule has 17 heavy (non-hydrogen) atoms. The zero-order chi connectivity index (χ0) is 12.2. The Bertz CT molecular complexity index is 156. The quantitative estimate of drug-likeness (QED) is 0.520. The smallest absolute Gasteiger partial charge is 0.147 e. The van der Waals surface area contributed by atoms with Crippen LogP contribution in [0.25, 0.3) is 0 Å². The number of ether oxygens (including phenoxy) is 3. The summed E-state index contributed by atoms with van der Waals surface area (Å²) in [5.74, 6) is 0. The molecule has 0 bridgehead atoms. The van der Waals surface area contributed by atoms with Gasteiger partial charge in [-0.2, -0.15) is 0 Å². The summed E-state index contributed by atoms with van der Waals surface area (Å²) in [6.45, 7) is 4.95. The van der Waals surface area contributed by atoms with Gasteiger partial charge in [0.25, 0.3) is 0 Å². The second-order valence-corrected chi connectivity index (χ2v) is 4.83. The van der Waals surface area contributed by atoms with Gasteiger partial charge in [-0.1, -0.05) is 51.9 Å². The summed E-state index contributed by atoms with van der Waals surface area (Å²) in [6.07, 6.45) is 10.9. The topological polar surface area (TPSA) is 27.7 Å². The van der Waals surface area contributed by atoms with E-state index in [-0.39, 0.29) is 6.10 Å². The van der Waals surface area contributed by atoms with E-state index in [9.17, 15) is 0 Å². The number of hydrogen-bond acceptors (Lipinski definition) is 3. The normalized spacial score (nSPS) is 19.9. The number of unbranched alkanes of at least 4 members (excludes halogenated alkanes) is 7. The van der Waals surface area contributed by atoms with E-state index in [0.717, 1.165) is 6.61 Å². The molecule has 1 aliphatic rings. The minimum absolute atomic E-state index is 0.170. The van der Waals surface area contributed by atoms with Gasteiger partial charge < -0.3 is 14.2 Å². The van der Waals surface area contributed by atoms with Gasteiger partial charge in [0.15, 0.2) is 0 Å². The van der Waals surface area contributed by atoms with Crippen LogP contribution in [0, 0.1) is 0 Å². The predicted molar refractivity (Wildman–Crippen MR) is 69.1 cm³/mol. The van der Waals surface area contributed by atoms with Gasteiger partial charge in [0.1, 0.15) is 12.9 Å². The van der Waals surface area contributed by atoms with Crippen LogP contribution in [0.1, 0.15) is 58.3 Å². The lowest BCUT2D eigenvalue weighted by Crippen LogP contribution is -2.17. The minimum Gasteiger partial charge on any atom is -0.379 e. The van der Waals surface area contributed by atoms with Gasteiger partial charge in [0.05, 0.1) is 13.2 Å². The molecule has 0 radical (unpaired) electrons. The monoisotopic (exact) mass is 244 g/mol. The summed E-state index contributed by atoms with van der Waals surface area (Å²) in [6, 6.07) is 0. The van der Waals surface area contributed by atoms with Crippen molar-refractivity contribution in [1.29, 1.82) is 0 Å². The van der Waals surface area contributed by atoms with Gasteiger partial charge in [0, 0.05) is 6.61 Å². The van der Waals surface area contributed by atoms with Gasteiger partial charge in [-0.25, -0.2) is 0 Å².